The van der Waals surface area contributed by atoms with Crippen molar-refractivity contribution in [2.45, 2.75) is 32.2 Å². The number of aryl methyl sites for hydroxylation is 1. The maximum Gasteiger partial charge on any atom is 0.273 e. The van der Waals surface area contributed by atoms with Crippen molar-refractivity contribution in [1.29, 1.82) is 0 Å². The molecule has 0 saturated carbocycles. The van der Waals surface area contributed by atoms with Gasteiger partial charge >= 0.3 is 0 Å². The molecule has 1 N–H and O–H groups in total. The summed E-state index contributed by atoms with van der Waals surface area (Å²) in [5.74, 6) is 2.02. The van der Waals surface area contributed by atoms with E-state index in [-0.39, 0.29) is 17.6 Å². The van der Waals surface area contributed by atoms with Crippen molar-refractivity contribution in [1.82, 2.24) is 15.4 Å². The molecule has 0 bridgehead atoms. The minimum Gasteiger partial charge on any atom is -0.465 e. The fourth-order valence-electron chi connectivity index (χ4n) is 3.68. The van der Waals surface area contributed by atoms with Crippen molar-refractivity contribution in [2.24, 2.45) is 0 Å². The molecule has 4 rings (SSSR count). The van der Waals surface area contributed by atoms with Gasteiger partial charge in [0.25, 0.3) is 5.91 Å². The maximum absolute atomic E-state index is 12.7. The third kappa shape index (κ3) is 4.71. The van der Waals surface area contributed by atoms with Gasteiger partial charge in [0.1, 0.15) is 11.5 Å². The summed E-state index contributed by atoms with van der Waals surface area (Å²) in [7, 11) is 0. The molecule has 1 aliphatic heterocycles. The highest BCUT2D eigenvalue weighted by Crippen LogP contribution is 2.26. The van der Waals surface area contributed by atoms with E-state index >= 15 is 0 Å². The van der Waals surface area contributed by atoms with Gasteiger partial charge in [-0.2, -0.15) is 0 Å². The molecule has 0 aliphatic carbocycles. The van der Waals surface area contributed by atoms with Gasteiger partial charge in [0.15, 0.2) is 11.5 Å². The summed E-state index contributed by atoms with van der Waals surface area (Å²) in [6.07, 6.45) is 3.58. The van der Waals surface area contributed by atoms with Crippen LogP contribution in [0, 0.1) is 6.92 Å². The maximum atomic E-state index is 12.7. The number of nitrogens with zero attached hydrogens (tertiary/aromatic N) is 2. The predicted molar refractivity (Wildman–Crippen MR) is 111 cm³/mol. The molecule has 3 aromatic rings. The Balaban J connectivity index is 1.44. The number of carbonyl (C=O) groups excluding carboxylic acids is 1. The number of benzene rings is 1. The quantitative estimate of drug-likeness (QED) is 0.625. The molecule has 1 aromatic carbocycles. The molecular weight excluding hydrogens is 390 g/mol. The van der Waals surface area contributed by atoms with Gasteiger partial charge in [-0.05, 0) is 69.3 Å². The lowest BCUT2D eigenvalue weighted by Gasteiger charge is -2.33. The molecule has 0 spiro atoms. The van der Waals surface area contributed by atoms with Gasteiger partial charge in [0.05, 0.1) is 6.04 Å². The van der Waals surface area contributed by atoms with Crippen LogP contribution in [0.4, 0.5) is 0 Å². The number of likely N-dealkylation sites (tertiary alicyclic amines) is 1. The Hall–Kier alpha value is -2.57. The highest BCUT2D eigenvalue weighted by atomic mass is 35.5. The first-order valence-corrected chi connectivity index (χ1v) is 10.3. The second-order valence-corrected chi connectivity index (χ2v) is 7.79. The molecule has 1 saturated heterocycles. The van der Waals surface area contributed by atoms with Gasteiger partial charge in [0, 0.05) is 23.2 Å². The second kappa shape index (κ2) is 8.84. The van der Waals surface area contributed by atoms with E-state index in [1.807, 2.05) is 31.2 Å². The Morgan fingerprint density at radius 3 is 2.62 bits per heavy atom. The first-order chi connectivity index (χ1) is 14.1. The molecule has 152 valence electrons. The van der Waals surface area contributed by atoms with Gasteiger partial charge in [-0.25, -0.2) is 0 Å². The molecule has 1 aliphatic rings. The van der Waals surface area contributed by atoms with Crippen molar-refractivity contribution >= 4 is 17.5 Å². The van der Waals surface area contributed by atoms with Crippen molar-refractivity contribution in [2.75, 3.05) is 19.6 Å². The summed E-state index contributed by atoms with van der Waals surface area (Å²) in [6.45, 7) is 4.40. The number of hydrogen-bond acceptors (Lipinski definition) is 5. The monoisotopic (exact) mass is 413 g/mol. The van der Waals surface area contributed by atoms with E-state index < -0.39 is 0 Å². The smallest absolute Gasteiger partial charge is 0.273 e. The summed E-state index contributed by atoms with van der Waals surface area (Å²) in [5.41, 5.74) is 1.07. The minimum absolute atomic E-state index is 0.00980. The van der Waals surface area contributed by atoms with E-state index in [9.17, 15) is 4.79 Å². The normalized spacial score (nSPS) is 15.9. The molecule has 1 amide bonds. The third-order valence-electron chi connectivity index (χ3n) is 5.25. The summed E-state index contributed by atoms with van der Waals surface area (Å²) in [4.78, 5) is 15.0. The van der Waals surface area contributed by atoms with Crippen LogP contribution in [0.25, 0.3) is 11.3 Å². The van der Waals surface area contributed by atoms with Crippen LogP contribution in [-0.4, -0.2) is 35.6 Å². The van der Waals surface area contributed by atoms with Crippen molar-refractivity contribution in [3.63, 3.8) is 0 Å². The number of aromatic nitrogens is 1. The van der Waals surface area contributed by atoms with E-state index in [0.717, 1.165) is 43.0 Å². The zero-order valence-corrected chi connectivity index (χ0v) is 17.1. The van der Waals surface area contributed by atoms with Crippen LogP contribution in [0.15, 0.2) is 51.4 Å². The molecule has 1 atom stereocenters. The number of hydrogen-bond donors (Lipinski definition) is 1. The van der Waals surface area contributed by atoms with Gasteiger partial charge in [-0.3, -0.25) is 9.69 Å². The zero-order valence-electron chi connectivity index (χ0n) is 16.4. The van der Waals surface area contributed by atoms with Gasteiger partial charge in [-0.15, -0.1) is 0 Å². The van der Waals surface area contributed by atoms with Crippen molar-refractivity contribution < 1.29 is 13.7 Å². The second-order valence-electron chi connectivity index (χ2n) is 7.35. The molecular formula is C22H24ClN3O3. The topological polar surface area (TPSA) is 71.5 Å². The number of halogens is 1. The highest BCUT2D eigenvalue weighted by molar-refractivity contribution is 6.30. The van der Waals surface area contributed by atoms with Crippen molar-refractivity contribution in [3.8, 4) is 11.3 Å². The molecule has 0 unspecified atom stereocenters. The van der Waals surface area contributed by atoms with Gasteiger partial charge in [-0.1, -0.05) is 23.2 Å². The number of furan rings is 1. The zero-order chi connectivity index (χ0) is 20.2. The van der Waals surface area contributed by atoms with E-state index in [1.165, 1.54) is 6.42 Å². The number of rotatable bonds is 6. The molecule has 7 heteroatoms. The molecule has 3 heterocycles. The van der Waals surface area contributed by atoms with E-state index in [0.29, 0.717) is 17.3 Å². The fourth-order valence-corrected chi connectivity index (χ4v) is 3.81. The molecule has 1 fully saturated rings. The SMILES string of the molecule is Cc1ccc([C@@H](CNC(=O)c2cc(-c3ccc(Cl)cc3)on2)N2CCCCC2)o1. The average molecular weight is 414 g/mol. The fraction of sp³-hybridized carbons (Fsp3) is 0.364. The Bertz CT molecular complexity index is 958. The van der Waals surface area contributed by atoms with Gasteiger partial charge < -0.3 is 14.3 Å². The van der Waals surface area contributed by atoms with Crippen LogP contribution >= 0.6 is 11.6 Å². The summed E-state index contributed by atoms with van der Waals surface area (Å²) < 4.78 is 11.2. The Kier molecular flexibility index (Phi) is 6.02. The first kappa shape index (κ1) is 19.7. The predicted octanol–water partition coefficient (Wildman–Crippen LogP) is 4.85. The first-order valence-electron chi connectivity index (χ1n) is 9.91. The van der Waals surface area contributed by atoms with Gasteiger partial charge in [0.2, 0.25) is 0 Å². The molecule has 6 nitrogen and oxygen atoms in total. The molecule has 29 heavy (non-hydrogen) atoms. The molecule has 0 radical (unpaired) electrons. The Morgan fingerprint density at radius 2 is 1.93 bits per heavy atom. The number of amides is 1. The van der Waals surface area contributed by atoms with Crippen LogP contribution in [0.3, 0.4) is 0 Å². The van der Waals surface area contributed by atoms with Crippen LogP contribution in [-0.2, 0) is 0 Å². The number of piperidine rings is 1. The lowest BCUT2D eigenvalue weighted by atomic mass is 10.1. The average Bonchev–Trinajstić information content (AvgIpc) is 3.39. The minimum atomic E-state index is -0.265. The van der Waals surface area contributed by atoms with Crippen molar-refractivity contribution in [3.05, 3.63) is 64.7 Å². The largest absolute Gasteiger partial charge is 0.465 e. The van der Waals surface area contributed by atoms with Crippen LogP contribution in [0.2, 0.25) is 5.02 Å². The number of carbonyl (C=O) groups is 1. The Labute approximate surface area is 174 Å². The molecule has 2 aromatic heterocycles. The highest BCUT2D eigenvalue weighted by Gasteiger charge is 2.26. The summed E-state index contributed by atoms with van der Waals surface area (Å²) in [5, 5.41) is 7.56. The van der Waals surface area contributed by atoms with E-state index in [2.05, 4.69) is 15.4 Å². The van der Waals surface area contributed by atoms with E-state index in [4.69, 9.17) is 20.5 Å². The van der Waals surface area contributed by atoms with Crippen LogP contribution < -0.4 is 5.32 Å². The third-order valence-corrected chi connectivity index (χ3v) is 5.50. The van der Waals surface area contributed by atoms with E-state index in [1.54, 1.807) is 18.2 Å². The lowest BCUT2D eigenvalue weighted by Crippen LogP contribution is -2.40. The van der Waals surface area contributed by atoms with Crippen LogP contribution in [0.5, 0.6) is 0 Å². The summed E-state index contributed by atoms with van der Waals surface area (Å²) in [6, 6.07) is 12.8. The lowest BCUT2D eigenvalue weighted by molar-refractivity contribution is 0.0905. The standard InChI is InChI=1S/C22H24ClN3O3/c1-15-5-10-20(28-15)19(26-11-3-2-4-12-26)14-24-22(27)18-13-21(29-25-18)16-6-8-17(23)9-7-16/h5-10,13,19H,2-4,11-12,14H2,1H3,(H,24,27)/t19-/m1/s1. The van der Waals surface area contributed by atoms with Crippen LogP contribution in [0.1, 0.15) is 47.3 Å². The summed E-state index contributed by atoms with van der Waals surface area (Å²) >= 11 is 5.92. The number of nitrogens with one attached hydrogen (secondary N) is 1. The Morgan fingerprint density at radius 1 is 1.17 bits per heavy atom.